The second kappa shape index (κ2) is 6.63. The molecule has 2 aliphatic rings. The molecule has 4 heteroatoms. The molecule has 24 heavy (non-hydrogen) atoms. The molecule has 1 aromatic heterocycles. The normalized spacial score (nSPS) is 16.1. The van der Waals surface area contributed by atoms with E-state index in [0.29, 0.717) is 12.2 Å². The number of hydrogen-bond acceptors (Lipinski definition) is 2. The Kier molecular flexibility index (Phi) is 4.20. The number of carbonyl (C=O) groups is 1. The number of H-pyrrole nitrogens is 1. The standard InChI is InChI=1S/C20H23N3O/c24-20(21-13-12-14-6-2-1-3-7-14)19-17-11-10-15-8-4-5-9-16(15)18(17)22-23-19/h4-6,8-9H,1-3,7,10-13H2,(H,21,24)(H,22,23). The molecule has 0 unspecified atom stereocenters. The topological polar surface area (TPSA) is 57.8 Å². The zero-order valence-corrected chi connectivity index (χ0v) is 13.9. The molecule has 4 rings (SSSR count). The van der Waals surface area contributed by atoms with Crippen molar-refractivity contribution in [2.75, 3.05) is 6.54 Å². The van der Waals surface area contributed by atoms with Crippen molar-refractivity contribution in [3.63, 3.8) is 0 Å². The van der Waals surface area contributed by atoms with Gasteiger partial charge in [-0.3, -0.25) is 9.89 Å². The highest BCUT2D eigenvalue weighted by Crippen LogP contribution is 2.33. The molecule has 4 nitrogen and oxygen atoms in total. The van der Waals surface area contributed by atoms with Gasteiger partial charge in [-0.1, -0.05) is 35.9 Å². The summed E-state index contributed by atoms with van der Waals surface area (Å²) in [5.74, 6) is -0.0282. The first-order valence-electron chi connectivity index (χ1n) is 8.94. The lowest BCUT2D eigenvalue weighted by atomic mass is 9.89. The van der Waals surface area contributed by atoms with Crippen LogP contribution in [0.4, 0.5) is 0 Å². The number of fused-ring (bicyclic) bond motifs is 3. The Morgan fingerprint density at radius 3 is 2.96 bits per heavy atom. The van der Waals surface area contributed by atoms with Gasteiger partial charge in [-0.2, -0.15) is 5.10 Å². The third-order valence-corrected chi connectivity index (χ3v) is 5.13. The summed E-state index contributed by atoms with van der Waals surface area (Å²) in [7, 11) is 0. The van der Waals surface area contributed by atoms with Crippen molar-refractivity contribution in [1.29, 1.82) is 0 Å². The molecule has 1 heterocycles. The zero-order chi connectivity index (χ0) is 16.4. The maximum atomic E-state index is 12.5. The average molecular weight is 321 g/mol. The van der Waals surface area contributed by atoms with Gasteiger partial charge in [0.1, 0.15) is 5.69 Å². The van der Waals surface area contributed by atoms with E-state index in [0.717, 1.165) is 36.1 Å². The lowest BCUT2D eigenvalue weighted by molar-refractivity contribution is 0.0948. The van der Waals surface area contributed by atoms with E-state index in [1.165, 1.54) is 36.8 Å². The van der Waals surface area contributed by atoms with E-state index in [1.54, 1.807) is 0 Å². The van der Waals surface area contributed by atoms with Crippen LogP contribution in [0.2, 0.25) is 0 Å². The Bertz CT molecular complexity index is 788. The summed E-state index contributed by atoms with van der Waals surface area (Å²) in [6.45, 7) is 0.703. The van der Waals surface area contributed by atoms with E-state index in [-0.39, 0.29) is 5.91 Å². The molecule has 1 aromatic carbocycles. The van der Waals surface area contributed by atoms with Crippen LogP contribution >= 0.6 is 0 Å². The number of nitrogens with zero attached hydrogens (tertiary/aromatic N) is 1. The number of aryl methyl sites for hydroxylation is 1. The minimum Gasteiger partial charge on any atom is -0.350 e. The Hall–Kier alpha value is -2.36. The molecule has 0 spiro atoms. The van der Waals surface area contributed by atoms with Crippen LogP contribution in [0.15, 0.2) is 35.9 Å². The van der Waals surface area contributed by atoms with Crippen molar-refractivity contribution in [2.24, 2.45) is 0 Å². The van der Waals surface area contributed by atoms with E-state index in [4.69, 9.17) is 0 Å². The molecule has 0 saturated carbocycles. The molecular formula is C20H23N3O. The van der Waals surface area contributed by atoms with Crippen molar-refractivity contribution in [3.05, 3.63) is 52.7 Å². The number of benzene rings is 1. The molecule has 1 amide bonds. The van der Waals surface area contributed by atoms with Gasteiger partial charge < -0.3 is 5.32 Å². The minimum atomic E-state index is -0.0282. The first kappa shape index (κ1) is 15.2. The lowest BCUT2D eigenvalue weighted by Gasteiger charge is -2.16. The van der Waals surface area contributed by atoms with Gasteiger partial charge in [0.05, 0.1) is 5.69 Å². The van der Waals surface area contributed by atoms with E-state index < -0.39 is 0 Å². The highest BCUT2D eigenvalue weighted by molar-refractivity contribution is 5.96. The second-order valence-corrected chi connectivity index (χ2v) is 6.70. The molecule has 124 valence electrons. The van der Waals surface area contributed by atoms with Crippen LogP contribution in [0.25, 0.3) is 11.3 Å². The Labute approximate surface area is 142 Å². The summed E-state index contributed by atoms with van der Waals surface area (Å²) in [5, 5.41) is 10.4. The number of rotatable bonds is 4. The fourth-order valence-electron chi connectivity index (χ4n) is 3.80. The molecule has 0 bridgehead atoms. The molecule has 0 saturated heterocycles. The molecule has 2 N–H and O–H groups in total. The summed E-state index contributed by atoms with van der Waals surface area (Å²) >= 11 is 0. The summed E-state index contributed by atoms with van der Waals surface area (Å²) in [4.78, 5) is 12.5. The van der Waals surface area contributed by atoms with Gasteiger partial charge in [-0.15, -0.1) is 0 Å². The quantitative estimate of drug-likeness (QED) is 0.842. The van der Waals surface area contributed by atoms with E-state index in [9.17, 15) is 4.79 Å². The van der Waals surface area contributed by atoms with Crippen LogP contribution in [0.5, 0.6) is 0 Å². The molecule has 2 aliphatic carbocycles. The molecular weight excluding hydrogens is 298 g/mol. The van der Waals surface area contributed by atoms with Crippen molar-refractivity contribution in [2.45, 2.75) is 44.9 Å². The first-order valence-corrected chi connectivity index (χ1v) is 8.94. The predicted molar refractivity (Wildman–Crippen MR) is 94.9 cm³/mol. The zero-order valence-electron chi connectivity index (χ0n) is 13.9. The van der Waals surface area contributed by atoms with Crippen molar-refractivity contribution in [3.8, 4) is 11.3 Å². The van der Waals surface area contributed by atoms with Crippen molar-refractivity contribution in [1.82, 2.24) is 15.5 Å². The van der Waals surface area contributed by atoms with Crippen LogP contribution in [0, 0.1) is 0 Å². The number of aromatic nitrogens is 2. The smallest absolute Gasteiger partial charge is 0.269 e. The van der Waals surface area contributed by atoms with Crippen molar-refractivity contribution >= 4 is 5.91 Å². The predicted octanol–water partition coefficient (Wildman–Crippen LogP) is 3.80. The molecule has 0 fully saturated rings. The summed E-state index contributed by atoms with van der Waals surface area (Å²) < 4.78 is 0. The van der Waals surface area contributed by atoms with Gasteiger partial charge >= 0.3 is 0 Å². The summed E-state index contributed by atoms with van der Waals surface area (Å²) in [5.41, 5.74) is 6.59. The number of carbonyl (C=O) groups excluding carboxylic acids is 1. The molecule has 0 aliphatic heterocycles. The number of allylic oxidation sites excluding steroid dienone is 1. The van der Waals surface area contributed by atoms with Gasteiger partial charge in [0.2, 0.25) is 0 Å². The molecule has 0 atom stereocenters. The van der Waals surface area contributed by atoms with Crippen LogP contribution in [-0.2, 0) is 12.8 Å². The lowest BCUT2D eigenvalue weighted by Crippen LogP contribution is -2.26. The third kappa shape index (κ3) is 2.88. The third-order valence-electron chi connectivity index (χ3n) is 5.13. The van der Waals surface area contributed by atoms with Gasteiger partial charge in [-0.05, 0) is 50.5 Å². The van der Waals surface area contributed by atoms with Gasteiger partial charge in [0.25, 0.3) is 5.91 Å². The van der Waals surface area contributed by atoms with E-state index in [2.05, 4.69) is 39.8 Å². The molecule has 0 radical (unpaired) electrons. The number of aromatic amines is 1. The Morgan fingerprint density at radius 2 is 2.08 bits per heavy atom. The van der Waals surface area contributed by atoms with Crippen LogP contribution in [0.1, 0.15) is 53.7 Å². The molecule has 2 aromatic rings. The number of amides is 1. The maximum Gasteiger partial charge on any atom is 0.269 e. The first-order chi connectivity index (χ1) is 11.8. The summed E-state index contributed by atoms with van der Waals surface area (Å²) in [6.07, 6.45) is 10.1. The monoisotopic (exact) mass is 321 g/mol. The van der Waals surface area contributed by atoms with Crippen LogP contribution < -0.4 is 5.32 Å². The maximum absolute atomic E-state index is 12.5. The van der Waals surface area contributed by atoms with Gasteiger partial charge in [-0.25, -0.2) is 0 Å². The van der Waals surface area contributed by atoms with E-state index >= 15 is 0 Å². The van der Waals surface area contributed by atoms with E-state index in [1.807, 2.05) is 6.07 Å². The Balaban J connectivity index is 1.45. The van der Waals surface area contributed by atoms with Gasteiger partial charge in [0.15, 0.2) is 0 Å². The fourth-order valence-corrected chi connectivity index (χ4v) is 3.80. The number of nitrogens with one attached hydrogen (secondary N) is 2. The highest BCUT2D eigenvalue weighted by atomic mass is 16.1. The fraction of sp³-hybridized carbons (Fsp3) is 0.400. The largest absolute Gasteiger partial charge is 0.350 e. The minimum absolute atomic E-state index is 0.0282. The van der Waals surface area contributed by atoms with Gasteiger partial charge in [0, 0.05) is 17.7 Å². The summed E-state index contributed by atoms with van der Waals surface area (Å²) in [6, 6.07) is 8.32. The second-order valence-electron chi connectivity index (χ2n) is 6.70. The van der Waals surface area contributed by atoms with Crippen LogP contribution in [-0.4, -0.2) is 22.6 Å². The van der Waals surface area contributed by atoms with Crippen molar-refractivity contribution < 1.29 is 4.79 Å². The SMILES string of the molecule is O=C(NCCC1=CCCCC1)c1[nH]nc2c1CCc1ccccc1-2. The Morgan fingerprint density at radius 1 is 1.17 bits per heavy atom. The van der Waals surface area contributed by atoms with Crippen LogP contribution in [0.3, 0.4) is 0 Å². The number of hydrogen-bond donors (Lipinski definition) is 2. The highest BCUT2D eigenvalue weighted by Gasteiger charge is 2.24. The average Bonchev–Trinajstić information content (AvgIpc) is 3.07.